The van der Waals surface area contributed by atoms with E-state index in [1.807, 2.05) is 30.1 Å². The van der Waals surface area contributed by atoms with E-state index in [1.165, 1.54) is 18.2 Å². The summed E-state index contributed by atoms with van der Waals surface area (Å²) >= 11 is 0. The van der Waals surface area contributed by atoms with Gasteiger partial charge in [-0.25, -0.2) is 13.2 Å². The lowest BCUT2D eigenvalue weighted by Crippen LogP contribution is -2.21. The predicted molar refractivity (Wildman–Crippen MR) is 211 cm³/mol. The number of rotatable bonds is 10. The van der Waals surface area contributed by atoms with Gasteiger partial charge in [0.2, 0.25) is 0 Å². The molecule has 310 valence electrons. The van der Waals surface area contributed by atoms with Gasteiger partial charge in [0.1, 0.15) is 17.5 Å². The van der Waals surface area contributed by atoms with Crippen molar-refractivity contribution in [2.45, 2.75) is 31.9 Å². The molecule has 1 aliphatic rings. The van der Waals surface area contributed by atoms with Crippen molar-refractivity contribution in [3.8, 4) is 0 Å². The first kappa shape index (κ1) is 43.3. The van der Waals surface area contributed by atoms with Gasteiger partial charge in [-0.3, -0.25) is 0 Å². The third-order valence-corrected chi connectivity index (χ3v) is 9.77. The van der Waals surface area contributed by atoms with Crippen molar-refractivity contribution in [2.24, 2.45) is 5.41 Å². The van der Waals surface area contributed by atoms with E-state index in [-0.39, 0.29) is 16.7 Å². The van der Waals surface area contributed by atoms with Crippen LogP contribution in [0.4, 0.5) is 64.1 Å². The molecular weight excluding hydrogens is 806 g/mol. The summed E-state index contributed by atoms with van der Waals surface area (Å²) < 4.78 is 160. The molecule has 5 aromatic rings. The summed E-state index contributed by atoms with van der Waals surface area (Å²) in [5, 5.41) is 0. The molecule has 1 aliphatic carbocycles. The van der Waals surface area contributed by atoms with E-state index in [0.717, 1.165) is 42.0 Å². The molecule has 0 aliphatic heterocycles. The van der Waals surface area contributed by atoms with Crippen LogP contribution in [0.3, 0.4) is 0 Å². The smallest absolute Gasteiger partial charge is 0.337 e. The summed E-state index contributed by atoms with van der Waals surface area (Å²) in [5.74, 6) is -3.06. The molecule has 60 heavy (non-hydrogen) atoms. The number of anilines is 2. The van der Waals surface area contributed by atoms with Crippen molar-refractivity contribution in [3.63, 3.8) is 0 Å². The van der Waals surface area contributed by atoms with Gasteiger partial charge in [0.05, 0.1) is 16.7 Å². The Hall–Kier alpha value is -6.24. The highest BCUT2D eigenvalue weighted by Crippen LogP contribution is 2.37. The molecule has 1 nitrogen and oxygen atoms in total. The second-order valence-electron chi connectivity index (χ2n) is 14.3. The average molecular weight is 840 g/mol. The summed E-state index contributed by atoms with van der Waals surface area (Å²) in [5.41, 5.74) is -0.399. The maximum absolute atomic E-state index is 14.5. The van der Waals surface area contributed by atoms with Crippen molar-refractivity contribution in [1.29, 1.82) is 0 Å². The summed E-state index contributed by atoms with van der Waals surface area (Å²) in [6.45, 7) is 2.22. The maximum Gasteiger partial charge on any atom is 0.416 e. The molecule has 1 atom stereocenters. The monoisotopic (exact) mass is 839 g/mol. The molecule has 13 heteroatoms. The Morgan fingerprint density at radius 2 is 0.900 bits per heavy atom. The largest absolute Gasteiger partial charge is 0.416 e. The normalized spacial score (nSPS) is 16.3. The van der Waals surface area contributed by atoms with Gasteiger partial charge in [0.15, 0.2) is 0 Å². The predicted octanol–water partition coefficient (Wildman–Crippen LogP) is 15.2. The van der Waals surface area contributed by atoms with Gasteiger partial charge in [-0.15, -0.1) is 0 Å². The zero-order valence-electron chi connectivity index (χ0n) is 31.4. The van der Waals surface area contributed by atoms with Crippen LogP contribution in [0, 0.1) is 22.9 Å². The molecule has 0 saturated carbocycles. The molecule has 0 spiro atoms. The molecule has 0 heterocycles. The maximum atomic E-state index is 14.5. The highest BCUT2D eigenvalue weighted by molar-refractivity contribution is 5.74. The molecule has 0 fully saturated rings. The Morgan fingerprint density at radius 3 is 1.23 bits per heavy atom. The van der Waals surface area contributed by atoms with Crippen molar-refractivity contribution < 1.29 is 52.7 Å². The molecule has 0 amide bonds. The van der Waals surface area contributed by atoms with E-state index in [9.17, 15) is 52.7 Å². The number of benzene rings is 5. The topological polar surface area (TPSA) is 3.24 Å². The van der Waals surface area contributed by atoms with E-state index in [4.69, 9.17) is 0 Å². The quantitative estimate of drug-likeness (QED) is 0.100. The number of hydrogen-bond acceptors (Lipinski definition) is 1. The first-order valence-corrected chi connectivity index (χ1v) is 18.2. The minimum atomic E-state index is -4.68. The number of halogens is 12. The van der Waals surface area contributed by atoms with Gasteiger partial charge in [-0.2, -0.15) is 39.5 Å². The fraction of sp³-hybridized carbons (Fsp3) is 0.149. The minimum absolute atomic E-state index is 0.00384. The minimum Gasteiger partial charge on any atom is -0.337 e. The van der Waals surface area contributed by atoms with Crippen LogP contribution >= 0.6 is 0 Å². The molecule has 0 aromatic heterocycles. The lowest BCUT2D eigenvalue weighted by Gasteiger charge is -2.29. The average Bonchev–Trinajstić information content (AvgIpc) is 3.19. The van der Waals surface area contributed by atoms with E-state index in [2.05, 4.69) is 0 Å². The molecule has 5 aromatic carbocycles. The fourth-order valence-corrected chi connectivity index (χ4v) is 6.24. The van der Waals surface area contributed by atoms with Crippen LogP contribution in [0.2, 0.25) is 0 Å². The SMILES string of the molecule is CC1(/C=C/c2ccc(C(F)(F)F)cc2F)C=CC(CN(c2ccc(/C=C/c3ccc(C(F)(F)F)cc3F)cc2)c2ccc(/C=C/c3ccc(C(F)(F)F)cc3F)cc2)=CC1. The van der Waals surface area contributed by atoms with Crippen LogP contribution in [0.25, 0.3) is 30.4 Å². The van der Waals surface area contributed by atoms with Gasteiger partial charge in [0.25, 0.3) is 0 Å². The Labute approximate surface area is 337 Å². The first-order valence-electron chi connectivity index (χ1n) is 18.2. The summed E-state index contributed by atoms with van der Waals surface area (Å²) in [6, 6.07) is 21.0. The van der Waals surface area contributed by atoms with Crippen molar-refractivity contribution in [3.05, 3.63) is 195 Å². The van der Waals surface area contributed by atoms with Crippen LogP contribution < -0.4 is 4.90 Å². The van der Waals surface area contributed by atoms with E-state index in [1.54, 1.807) is 66.8 Å². The van der Waals surface area contributed by atoms with Crippen molar-refractivity contribution in [1.82, 2.24) is 0 Å². The van der Waals surface area contributed by atoms with E-state index in [0.29, 0.717) is 53.7 Å². The molecule has 0 saturated heterocycles. The van der Waals surface area contributed by atoms with Gasteiger partial charge < -0.3 is 4.90 Å². The number of alkyl halides is 9. The molecular formula is C47H33F12N. The Kier molecular flexibility index (Phi) is 12.4. The Bertz CT molecular complexity index is 2370. The zero-order valence-corrected chi connectivity index (χ0v) is 31.4. The van der Waals surface area contributed by atoms with Gasteiger partial charge in [-0.05, 0) is 83.8 Å². The molecule has 1 unspecified atom stereocenters. The van der Waals surface area contributed by atoms with Crippen LogP contribution in [0.15, 0.2) is 133 Å². The van der Waals surface area contributed by atoms with Gasteiger partial charge in [0, 0.05) is 40.0 Å². The zero-order chi connectivity index (χ0) is 43.5. The lowest BCUT2D eigenvalue weighted by molar-refractivity contribution is -0.138. The highest BCUT2D eigenvalue weighted by atomic mass is 19.4. The Balaban J connectivity index is 1.23. The number of nitrogens with zero attached hydrogens (tertiary/aromatic N) is 1. The van der Waals surface area contributed by atoms with Crippen molar-refractivity contribution in [2.75, 3.05) is 11.4 Å². The van der Waals surface area contributed by atoms with Gasteiger partial charge in [-0.1, -0.05) is 104 Å². The third kappa shape index (κ3) is 10.9. The van der Waals surface area contributed by atoms with Gasteiger partial charge >= 0.3 is 18.5 Å². The first-order chi connectivity index (χ1) is 28.2. The van der Waals surface area contributed by atoms with Crippen LogP contribution in [0.5, 0.6) is 0 Å². The molecule has 0 bridgehead atoms. The second-order valence-corrected chi connectivity index (χ2v) is 14.3. The molecule has 6 rings (SSSR count). The molecule has 0 N–H and O–H groups in total. The highest BCUT2D eigenvalue weighted by Gasteiger charge is 2.33. The van der Waals surface area contributed by atoms with Crippen LogP contribution in [-0.2, 0) is 18.5 Å². The van der Waals surface area contributed by atoms with Crippen LogP contribution in [0.1, 0.15) is 57.9 Å². The summed E-state index contributed by atoms with van der Waals surface area (Å²) in [6.07, 6.45) is 1.18. The standard InChI is InChI=1S/C47H33F12N/c1-44(25-22-35-12-15-38(28-43(35)50)47(57,58)59)23-20-32(21-24-44)29-60(39-16-4-30(5-17-39)2-8-33-10-13-36(26-41(33)48)45(51,52)53)40-18-6-31(7-19-40)3-9-34-11-14-37(27-42(34)49)46(54,55)56/h2-23,25-28H,24,29H2,1H3/b8-2+,9-3+,25-22+. The second kappa shape index (κ2) is 17.2. The van der Waals surface area contributed by atoms with Crippen molar-refractivity contribution >= 4 is 41.8 Å². The van der Waals surface area contributed by atoms with E-state index < -0.39 is 58.1 Å². The summed E-state index contributed by atoms with van der Waals surface area (Å²) in [7, 11) is 0. The van der Waals surface area contributed by atoms with Crippen LogP contribution in [-0.4, -0.2) is 6.54 Å². The number of allylic oxidation sites excluding steroid dienone is 3. The Morgan fingerprint density at radius 1 is 0.517 bits per heavy atom. The number of hydrogen-bond donors (Lipinski definition) is 0. The lowest BCUT2D eigenvalue weighted by atomic mass is 9.81. The van der Waals surface area contributed by atoms with E-state index >= 15 is 0 Å². The third-order valence-electron chi connectivity index (χ3n) is 9.77. The summed E-state index contributed by atoms with van der Waals surface area (Å²) in [4.78, 5) is 1.97. The molecule has 0 radical (unpaired) electrons. The fourth-order valence-electron chi connectivity index (χ4n) is 6.24.